The molecule has 148 valence electrons. The van der Waals surface area contributed by atoms with Crippen LogP contribution in [0.3, 0.4) is 0 Å². The molecule has 0 spiro atoms. The third kappa shape index (κ3) is 3.97. The van der Waals surface area contributed by atoms with E-state index in [-0.39, 0.29) is 46.2 Å². The molecule has 0 aliphatic rings. The van der Waals surface area contributed by atoms with Gasteiger partial charge in [0.15, 0.2) is 0 Å². The summed E-state index contributed by atoms with van der Waals surface area (Å²) < 4.78 is 11.4. The first-order chi connectivity index (χ1) is 13.8. The van der Waals surface area contributed by atoms with Gasteiger partial charge in [-0.05, 0) is 32.0 Å². The SMILES string of the molecule is CCOC(=O)c1c(C)oc2ncn(CC(=O)Nc3ccc(C#N)c(Cl)c3)c(=O)c12. The number of carbonyl (C=O) groups excluding carboxylic acids is 2. The number of hydrogen-bond acceptors (Lipinski definition) is 7. The number of aromatic nitrogens is 2. The highest BCUT2D eigenvalue weighted by Gasteiger charge is 2.24. The van der Waals surface area contributed by atoms with Crippen LogP contribution in [0.1, 0.15) is 28.6 Å². The number of nitrogens with zero attached hydrogens (tertiary/aromatic N) is 3. The number of furan rings is 1. The van der Waals surface area contributed by atoms with E-state index in [1.807, 2.05) is 6.07 Å². The van der Waals surface area contributed by atoms with Crippen molar-refractivity contribution in [3.8, 4) is 6.07 Å². The summed E-state index contributed by atoms with van der Waals surface area (Å²) in [5.74, 6) is -1.01. The van der Waals surface area contributed by atoms with E-state index in [9.17, 15) is 14.4 Å². The average Bonchev–Trinajstić information content (AvgIpc) is 3.01. The number of aryl methyl sites for hydroxylation is 1. The number of carbonyl (C=O) groups is 2. The highest BCUT2D eigenvalue weighted by Crippen LogP contribution is 2.22. The van der Waals surface area contributed by atoms with Crippen molar-refractivity contribution in [3.63, 3.8) is 0 Å². The van der Waals surface area contributed by atoms with Gasteiger partial charge in [-0.25, -0.2) is 9.78 Å². The molecule has 0 saturated heterocycles. The van der Waals surface area contributed by atoms with E-state index >= 15 is 0 Å². The highest BCUT2D eigenvalue weighted by atomic mass is 35.5. The van der Waals surface area contributed by atoms with Crippen LogP contribution in [-0.4, -0.2) is 28.0 Å². The van der Waals surface area contributed by atoms with E-state index in [0.29, 0.717) is 5.69 Å². The number of nitriles is 1. The van der Waals surface area contributed by atoms with Gasteiger partial charge in [0.05, 0.1) is 17.2 Å². The third-order valence-corrected chi connectivity index (χ3v) is 4.33. The Morgan fingerprint density at radius 2 is 2.17 bits per heavy atom. The second kappa shape index (κ2) is 8.16. The monoisotopic (exact) mass is 414 g/mol. The zero-order valence-corrected chi connectivity index (χ0v) is 16.2. The van der Waals surface area contributed by atoms with Gasteiger partial charge in [-0.2, -0.15) is 5.26 Å². The Kier molecular flexibility index (Phi) is 5.66. The Morgan fingerprint density at radius 1 is 1.41 bits per heavy atom. The normalized spacial score (nSPS) is 10.6. The van der Waals surface area contributed by atoms with Crippen LogP contribution in [0.5, 0.6) is 0 Å². The van der Waals surface area contributed by atoms with Crippen LogP contribution in [0.4, 0.5) is 5.69 Å². The lowest BCUT2D eigenvalue weighted by Gasteiger charge is -2.08. The number of fused-ring (bicyclic) bond motifs is 1. The van der Waals surface area contributed by atoms with E-state index in [0.717, 1.165) is 10.9 Å². The van der Waals surface area contributed by atoms with E-state index in [1.54, 1.807) is 6.92 Å². The van der Waals surface area contributed by atoms with Gasteiger partial charge in [-0.15, -0.1) is 0 Å². The Bertz CT molecular complexity index is 1220. The molecule has 1 amide bonds. The largest absolute Gasteiger partial charge is 0.462 e. The maximum absolute atomic E-state index is 12.8. The number of ether oxygens (including phenoxy) is 1. The first-order valence-electron chi connectivity index (χ1n) is 8.50. The molecule has 0 radical (unpaired) electrons. The lowest BCUT2D eigenvalue weighted by Crippen LogP contribution is -2.28. The Morgan fingerprint density at radius 3 is 2.83 bits per heavy atom. The van der Waals surface area contributed by atoms with Crippen molar-refractivity contribution in [2.45, 2.75) is 20.4 Å². The van der Waals surface area contributed by atoms with Gasteiger partial charge in [0, 0.05) is 5.69 Å². The van der Waals surface area contributed by atoms with Gasteiger partial charge < -0.3 is 14.5 Å². The summed E-state index contributed by atoms with van der Waals surface area (Å²) >= 11 is 5.95. The molecule has 3 rings (SSSR count). The van der Waals surface area contributed by atoms with Gasteiger partial charge in [-0.3, -0.25) is 14.2 Å². The van der Waals surface area contributed by atoms with Crippen LogP contribution in [0.25, 0.3) is 11.1 Å². The predicted molar refractivity (Wildman–Crippen MR) is 104 cm³/mol. The first kappa shape index (κ1) is 20.1. The van der Waals surface area contributed by atoms with E-state index < -0.39 is 17.4 Å². The van der Waals surface area contributed by atoms with Crippen molar-refractivity contribution in [1.29, 1.82) is 5.26 Å². The van der Waals surface area contributed by atoms with Crippen LogP contribution >= 0.6 is 11.6 Å². The molecule has 3 aromatic rings. The molecule has 0 fully saturated rings. The van der Waals surface area contributed by atoms with Crippen LogP contribution in [0.2, 0.25) is 5.02 Å². The molecular weight excluding hydrogens is 400 g/mol. The second-order valence-corrected chi connectivity index (χ2v) is 6.37. The number of halogens is 1. The van der Waals surface area contributed by atoms with Gasteiger partial charge >= 0.3 is 5.97 Å². The molecule has 1 N–H and O–H groups in total. The fourth-order valence-electron chi connectivity index (χ4n) is 2.74. The van der Waals surface area contributed by atoms with Gasteiger partial charge in [-0.1, -0.05) is 11.6 Å². The van der Waals surface area contributed by atoms with Crippen LogP contribution < -0.4 is 10.9 Å². The van der Waals surface area contributed by atoms with Crippen molar-refractivity contribution < 1.29 is 18.7 Å². The molecule has 1 aromatic carbocycles. The van der Waals surface area contributed by atoms with E-state index in [1.165, 1.54) is 25.1 Å². The standard InChI is InChI=1S/C19H15ClN4O5/c1-3-28-19(27)15-10(2)29-17-16(15)18(26)24(9-22-17)8-14(25)23-12-5-4-11(7-21)13(20)6-12/h4-6,9H,3,8H2,1-2H3,(H,23,25). The molecular formula is C19H15ClN4O5. The lowest BCUT2D eigenvalue weighted by molar-refractivity contribution is -0.116. The molecule has 9 nitrogen and oxygen atoms in total. The summed E-state index contributed by atoms with van der Waals surface area (Å²) in [5, 5.41) is 11.6. The lowest BCUT2D eigenvalue weighted by atomic mass is 10.2. The van der Waals surface area contributed by atoms with Crippen LogP contribution in [0, 0.1) is 18.3 Å². The summed E-state index contributed by atoms with van der Waals surface area (Å²) in [6, 6.07) is 6.34. The van der Waals surface area contributed by atoms with Crippen molar-refractivity contribution in [1.82, 2.24) is 9.55 Å². The predicted octanol–water partition coefficient (Wildman–Crippen LogP) is 2.64. The summed E-state index contributed by atoms with van der Waals surface area (Å²) in [6.07, 6.45) is 1.16. The first-order valence-corrected chi connectivity index (χ1v) is 8.88. The topological polar surface area (TPSA) is 127 Å². The quantitative estimate of drug-likeness (QED) is 0.635. The maximum atomic E-state index is 12.8. The Balaban J connectivity index is 1.89. The van der Waals surface area contributed by atoms with Crippen LogP contribution in [0.15, 0.2) is 33.7 Å². The minimum absolute atomic E-state index is 0.00650. The molecule has 0 aliphatic carbocycles. The third-order valence-electron chi connectivity index (χ3n) is 4.02. The Labute approximate surface area is 169 Å². The molecule has 2 aromatic heterocycles. The minimum Gasteiger partial charge on any atom is -0.462 e. The molecule has 0 unspecified atom stereocenters. The average molecular weight is 415 g/mol. The number of nitrogens with one attached hydrogen (secondary N) is 1. The minimum atomic E-state index is -0.697. The van der Waals surface area contributed by atoms with E-state index in [4.69, 9.17) is 26.0 Å². The number of hydrogen-bond donors (Lipinski definition) is 1. The fraction of sp³-hybridized carbons (Fsp3) is 0.211. The van der Waals surface area contributed by atoms with Crippen LogP contribution in [-0.2, 0) is 16.1 Å². The smallest absolute Gasteiger partial charge is 0.342 e. The summed E-state index contributed by atoms with van der Waals surface area (Å²) in [6.45, 7) is 2.95. The highest BCUT2D eigenvalue weighted by molar-refractivity contribution is 6.32. The van der Waals surface area contributed by atoms with Crippen molar-refractivity contribution >= 4 is 40.3 Å². The summed E-state index contributed by atoms with van der Waals surface area (Å²) in [7, 11) is 0. The second-order valence-electron chi connectivity index (χ2n) is 5.97. The summed E-state index contributed by atoms with van der Waals surface area (Å²) in [4.78, 5) is 41.3. The van der Waals surface area contributed by atoms with Crippen molar-refractivity contribution in [2.75, 3.05) is 11.9 Å². The maximum Gasteiger partial charge on any atom is 0.342 e. The van der Waals surface area contributed by atoms with Gasteiger partial charge in [0.1, 0.15) is 35.7 Å². The van der Waals surface area contributed by atoms with Crippen molar-refractivity contribution in [2.24, 2.45) is 0 Å². The zero-order valence-electron chi connectivity index (χ0n) is 15.5. The number of amides is 1. The fourth-order valence-corrected chi connectivity index (χ4v) is 2.96. The molecule has 29 heavy (non-hydrogen) atoms. The van der Waals surface area contributed by atoms with Gasteiger partial charge in [0.25, 0.3) is 5.56 Å². The van der Waals surface area contributed by atoms with Crippen molar-refractivity contribution in [3.05, 3.63) is 56.8 Å². The number of esters is 1. The van der Waals surface area contributed by atoms with E-state index in [2.05, 4.69) is 10.3 Å². The number of anilines is 1. The molecule has 0 saturated carbocycles. The molecule has 0 bridgehead atoms. The molecule has 0 atom stereocenters. The van der Waals surface area contributed by atoms with Gasteiger partial charge in [0.2, 0.25) is 11.6 Å². The number of benzene rings is 1. The summed E-state index contributed by atoms with van der Waals surface area (Å²) in [5.41, 5.74) is 0.0202. The molecule has 0 aliphatic heterocycles. The number of rotatable bonds is 5. The molecule has 10 heteroatoms. The zero-order chi connectivity index (χ0) is 21.1. The molecule has 2 heterocycles. The Hall–Kier alpha value is -3.64.